The number of hydrogen-bond acceptors (Lipinski definition) is 7. The fourth-order valence-electron chi connectivity index (χ4n) is 6.77. The van der Waals surface area contributed by atoms with Gasteiger partial charge in [-0.1, -0.05) is 58.4 Å². The molecule has 10 nitrogen and oxygen atoms in total. The van der Waals surface area contributed by atoms with Gasteiger partial charge in [0.1, 0.15) is 17.7 Å². The molecule has 3 amide bonds. The molecule has 0 aliphatic carbocycles. The van der Waals surface area contributed by atoms with Crippen molar-refractivity contribution < 1.29 is 33.8 Å². The summed E-state index contributed by atoms with van der Waals surface area (Å²) in [6.07, 6.45) is 3.23. The number of benzene rings is 1. The monoisotopic (exact) mass is 673 g/mol. The molecule has 3 saturated heterocycles. The number of alkyl halides is 1. The number of likely N-dealkylation sites (tertiary alicyclic amines) is 1. The molecule has 1 aromatic rings. The van der Waals surface area contributed by atoms with E-state index in [9.17, 15) is 24.3 Å². The zero-order valence-corrected chi connectivity index (χ0v) is 27.3. The van der Waals surface area contributed by atoms with Crippen LogP contribution in [0.25, 0.3) is 0 Å². The largest absolute Gasteiger partial charge is 0.455 e. The number of amides is 3. The molecule has 2 N–H and O–H groups in total. The number of nitrogens with one attached hydrogen (secondary N) is 1. The summed E-state index contributed by atoms with van der Waals surface area (Å²) >= 11 is 3.69. The maximum atomic E-state index is 14.4. The van der Waals surface area contributed by atoms with Crippen LogP contribution in [0.1, 0.15) is 58.1 Å². The Bertz CT molecular complexity index is 1250. The lowest BCUT2D eigenvalue weighted by atomic mass is 9.70. The number of aliphatic hydroxyl groups is 1. The molecule has 1 spiro atoms. The summed E-state index contributed by atoms with van der Waals surface area (Å²) in [5.41, 5.74) is -1.13. The molecule has 4 rings (SSSR count). The Morgan fingerprint density at radius 1 is 1.25 bits per heavy atom. The number of carbonyl (C=O) groups excluding carboxylic acids is 4. The van der Waals surface area contributed by atoms with Crippen molar-refractivity contribution in [2.75, 3.05) is 26.2 Å². The summed E-state index contributed by atoms with van der Waals surface area (Å²) in [4.78, 5) is 57.9. The lowest BCUT2D eigenvalue weighted by Crippen LogP contribution is -2.60. The smallest absolute Gasteiger partial charge is 0.313 e. The molecule has 240 valence electrons. The Labute approximate surface area is 267 Å². The molecule has 3 fully saturated rings. The molecule has 0 saturated carbocycles. The number of allylic oxidation sites excluding steroid dienone is 1. The first-order valence-electron chi connectivity index (χ1n) is 15.2. The van der Waals surface area contributed by atoms with Gasteiger partial charge in [-0.2, -0.15) is 0 Å². The Morgan fingerprint density at radius 2 is 1.95 bits per heavy atom. The Kier molecular flexibility index (Phi) is 10.7. The number of hydrogen-bond donors (Lipinski definition) is 2. The molecule has 2 bridgehead atoms. The van der Waals surface area contributed by atoms with E-state index in [0.29, 0.717) is 18.4 Å². The minimum atomic E-state index is -1.25. The van der Waals surface area contributed by atoms with Crippen LogP contribution in [0.15, 0.2) is 55.6 Å². The molecule has 7 atom stereocenters. The van der Waals surface area contributed by atoms with E-state index in [1.807, 2.05) is 51.1 Å². The van der Waals surface area contributed by atoms with Gasteiger partial charge in [-0.05, 0) is 45.6 Å². The fraction of sp³-hybridized carbons (Fsp3) is 0.576. The van der Waals surface area contributed by atoms with Gasteiger partial charge in [0.05, 0.1) is 24.5 Å². The molecular formula is C33H44BrN3O7. The molecule has 0 radical (unpaired) electrons. The number of ether oxygens (including phenoxy) is 2. The third-order valence-electron chi connectivity index (χ3n) is 8.73. The second kappa shape index (κ2) is 14.0. The number of aliphatic hydroxyl groups excluding tert-OH is 1. The summed E-state index contributed by atoms with van der Waals surface area (Å²) < 4.78 is 12.7. The van der Waals surface area contributed by atoms with E-state index in [1.54, 1.807) is 17.1 Å². The van der Waals surface area contributed by atoms with Crippen LogP contribution in [0.5, 0.6) is 0 Å². The Morgan fingerprint density at radius 3 is 2.57 bits per heavy atom. The maximum Gasteiger partial charge on any atom is 0.313 e. The summed E-state index contributed by atoms with van der Waals surface area (Å²) in [5, 5.41) is 12.5. The van der Waals surface area contributed by atoms with Gasteiger partial charge in [-0.15, -0.1) is 13.2 Å². The number of rotatable bonds is 14. The van der Waals surface area contributed by atoms with Crippen LogP contribution in [0.2, 0.25) is 0 Å². The third kappa shape index (κ3) is 6.50. The highest BCUT2D eigenvalue weighted by Gasteiger charge is 2.77. The first-order chi connectivity index (χ1) is 20.9. The van der Waals surface area contributed by atoms with E-state index < -0.39 is 47.2 Å². The third-order valence-corrected chi connectivity index (χ3v) is 9.57. The van der Waals surface area contributed by atoms with Crippen LogP contribution in [-0.2, 0) is 28.7 Å². The first kappa shape index (κ1) is 33.9. The van der Waals surface area contributed by atoms with Crippen molar-refractivity contribution in [3.05, 3.63) is 61.2 Å². The SMILES string of the molecule is C=CCCC(=O)NC[C@@H](OC(=O)[C@@H]1[C@H]2O[C@@]3(CC2Br)[C@H](C(=O)N(CC=C)C(C)(C)C)N(CCCO)C(=O)[C@@H]13)c1ccccc1. The van der Waals surface area contributed by atoms with Crippen molar-refractivity contribution >= 4 is 39.6 Å². The summed E-state index contributed by atoms with van der Waals surface area (Å²) in [5.74, 6) is -3.38. The topological polar surface area (TPSA) is 125 Å². The van der Waals surface area contributed by atoms with Crippen molar-refractivity contribution in [3.8, 4) is 0 Å². The van der Waals surface area contributed by atoms with Gasteiger partial charge in [0, 0.05) is 36.5 Å². The van der Waals surface area contributed by atoms with E-state index in [-0.39, 0.29) is 61.6 Å². The average Bonchev–Trinajstić information content (AvgIpc) is 3.58. The minimum Gasteiger partial charge on any atom is -0.455 e. The number of carbonyl (C=O) groups is 4. The van der Waals surface area contributed by atoms with E-state index in [2.05, 4.69) is 34.4 Å². The average molecular weight is 675 g/mol. The highest BCUT2D eigenvalue weighted by Crippen LogP contribution is 2.60. The fourth-order valence-corrected chi connectivity index (χ4v) is 7.72. The summed E-state index contributed by atoms with van der Waals surface area (Å²) in [7, 11) is 0. The minimum absolute atomic E-state index is 0.0529. The lowest BCUT2D eigenvalue weighted by Gasteiger charge is -2.42. The van der Waals surface area contributed by atoms with Crippen LogP contribution >= 0.6 is 15.9 Å². The van der Waals surface area contributed by atoms with Gasteiger partial charge in [0.25, 0.3) is 0 Å². The van der Waals surface area contributed by atoms with Gasteiger partial charge >= 0.3 is 5.97 Å². The summed E-state index contributed by atoms with van der Waals surface area (Å²) in [6.45, 7) is 13.5. The van der Waals surface area contributed by atoms with E-state index in [0.717, 1.165) is 0 Å². The highest BCUT2D eigenvalue weighted by molar-refractivity contribution is 9.09. The number of fused-ring (bicyclic) bond motifs is 1. The van der Waals surface area contributed by atoms with Crippen LogP contribution in [0, 0.1) is 11.8 Å². The Hall–Kier alpha value is -3.02. The standard InChI is InChI=1S/C33H44BrN3O7/c1-6-8-15-24(39)35-20-23(21-13-10-9-11-14-21)43-31(42)25-26-29(40)36(17-12-18-38)28(33(26)19-22(34)27(25)44-33)30(41)37(16-7-2)32(3,4)5/h6-7,9-11,13-14,22-23,25-28,38H,1-2,8,12,15-20H2,3-5H3,(H,35,39)/t22?,23-,25+,26-,27+,28+,33-/m1/s1. The molecule has 1 aromatic carbocycles. The van der Waals surface area contributed by atoms with Crippen molar-refractivity contribution in [2.24, 2.45) is 11.8 Å². The molecule has 3 heterocycles. The van der Waals surface area contributed by atoms with Crippen LogP contribution in [0.3, 0.4) is 0 Å². The highest BCUT2D eigenvalue weighted by atomic mass is 79.9. The molecule has 0 aromatic heterocycles. The van der Waals surface area contributed by atoms with Crippen LogP contribution in [-0.4, -0.2) is 93.0 Å². The first-order valence-corrected chi connectivity index (χ1v) is 16.1. The number of esters is 1. The maximum absolute atomic E-state index is 14.4. The molecule has 3 aliphatic rings. The van der Waals surface area contributed by atoms with Gasteiger partial charge in [-0.3, -0.25) is 19.2 Å². The molecule has 1 unspecified atom stereocenters. The van der Waals surface area contributed by atoms with Crippen molar-refractivity contribution in [1.29, 1.82) is 0 Å². The summed E-state index contributed by atoms with van der Waals surface area (Å²) in [6, 6.07) is 8.12. The second-order valence-corrected chi connectivity index (χ2v) is 13.8. The predicted octanol–water partition coefficient (Wildman–Crippen LogP) is 3.30. The van der Waals surface area contributed by atoms with E-state index >= 15 is 0 Å². The lowest BCUT2D eigenvalue weighted by molar-refractivity contribution is -0.160. The second-order valence-electron chi connectivity index (χ2n) is 12.6. The number of nitrogens with zero attached hydrogens (tertiary/aromatic N) is 2. The molecular weight excluding hydrogens is 630 g/mol. The van der Waals surface area contributed by atoms with E-state index in [1.165, 1.54) is 4.90 Å². The van der Waals surface area contributed by atoms with Crippen LogP contribution in [0.4, 0.5) is 0 Å². The normalized spacial score (nSPS) is 27.9. The zero-order valence-electron chi connectivity index (χ0n) is 25.7. The molecule has 11 heteroatoms. The quantitative estimate of drug-likeness (QED) is 0.176. The zero-order chi connectivity index (χ0) is 32.2. The number of halogens is 1. The van der Waals surface area contributed by atoms with Gasteiger partial charge in [0.2, 0.25) is 17.7 Å². The predicted molar refractivity (Wildman–Crippen MR) is 168 cm³/mol. The Balaban J connectivity index is 1.67. The molecule has 3 aliphatic heterocycles. The van der Waals surface area contributed by atoms with Gasteiger partial charge < -0.3 is 29.7 Å². The van der Waals surface area contributed by atoms with Crippen molar-refractivity contribution in [3.63, 3.8) is 0 Å². The van der Waals surface area contributed by atoms with Gasteiger partial charge in [-0.25, -0.2) is 0 Å². The van der Waals surface area contributed by atoms with Gasteiger partial charge in [0.15, 0.2) is 0 Å². The van der Waals surface area contributed by atoms with Crippen molar-refractivity contribution in [2.45, 2.75) is 80.7 Å². The van der Waals surface area contributed by atoms with Crippen LogP contribution < -0.4 is 5.32 Å². The van der Waals surface area contributed by atoms with Crippen molar-refractivity contribution in [1.82, 2.24) is 15.1 Å². The molecule has 44 heavy (non-hydrogen) atoms. The van der Waals surface area contributed by atoms with E-state index in [4.69, 9.17) is 9.47 Å².